The molecule has 0 bridgehead atoms. The molecule has 1 atom stereocenters. The summed E-state index contributed by atoms with van der Waals surface area (Å²) in [6.45, 7) is 6.44. The van der Waals surface area contributed by atoms with Crippen LogP contribution in [0.4, 0.5) is 0 Å². The van der Waals surface area contributed by atoms with Gasteiger partial charge in [0.1, 0.15) is 13.2 Å². The fourth-order valence-electron chi connectivity index (χ4n) is 7.73. The molecule has 0 aromatic heterocycles. The van der Waals surface area contributed by atoms with E-state index in [1.807, 2.05) is 0 Å². The van der Waals surface area contributed by atoms with E-state index in [2.05, 4.69) is 106 Å². The third-order valence-electron chi connectivity index (χ3n) is 11.9. The van der Waals surface area contributed by atoms with E-state index in [1.165, 1.54) is 141 Å². The molecule has 0 amide bonds. The van der Waals surface area contributed by atoms with Gasteiger partial charge in [-0.3, -0.25) is 14.4 Å². The summed E-state index contributed by atoms with van der Waals surface area (Å²) in [5, 5.41) is 0. The lowest BCUT2D eigenvalue weighted by atomic mass is 10.0. The summed E-state index contributed by atoms with van der Waals surface area (Å²) in [6, 6.07) is 0. The second kappa shape index (κ2) is 55.2. The van der Waals surface area contributed by atoms with Gasteiger partial charge >= 0.3 is 17.9 Å². The van der Waals surface area contributed by atoms with Crippen molar-refractivity contribution in [1.82, 2.24) is 0 Å². The van der Waals surface area contributed by atoms with Gasteiger partial charge in [0.2, 0.25) is 0 Å². The highest BCUT2D eigenvalue weighted by Crippen LogP contribution is 2.16. The van der Waals surface area contributed by atoms with Crippen LogP contribution in [0.1, 0.15) is 265 Å². The standard InChI is InChI=1S/C61H104O6/c1-4-7-10-13-16-19-22-25-28-30-33-36-39-42-45-48-51-54-60(63)66-57-58(56-65-59(62)53-50-47-44-41-38-35-32-27-24-21-18-15-12-9-6-3)67-61(64)55-52-49-46-43-40-37-34-31-29-26-23-20-17-14-11-8-5-2/h9,12,15-16,18-19,21,24-25,28,33,36,42,45,58H,4-8,10-11,13-14,17,20,22-23,26-27,29-32,34-35,37-41,43-44,46-57H2,1-3H3/b12-9-,18-15-,19-16-,24-21-,28-25-,36-33-,45-42-. The van der Waals surface area contributed by atoms with Crippen LogP contribution in [0.2, 0.25) is 0 Å². The summed E-state index contributed by atoms with van der Waals surface area (Å²) in [7, 11) is 0. The largest absolute Gasteiger partial charge is 0.462 e. The molecule has 0 aliphatic heterocycles. The number of rotatable bonds is 50. The van der Waals surface area contributed by atoms with Crippen molar-refractivity contribution in [3.63, 3.8) is 0 Å². The van der Waals surface area contributed by atoms with Crippen molar-refractivity contribution < 1.29 is 28.6 Å². The quantitative estimate of drug-likeness (QED) is 0.0199. The highest BCUT2D eigenvalue weighted by molar-refractivity contribution is 5.71. The van der Waals surface area contributed by atoms with Crippen molar-refractivity contribution in [3.05, 3.63) is 85.1 Å². The molecule has 0 aliphatic rings. The SMILES string of the molecule is CC\C=C/C=C\C=C/CCCCCCCCCC(=O)OCC(COC(=O)CCC/C=C\C/C=C\C/C=C\C/C=C\CCCCC)OC(=O)CCCCCCCCCCCCCCCCCCC. The minimum absolute atomic E-state index is 0.0984. The lowest BCUT2D eigenvalue weighted by Gasteiger charge is -2.18. The van der Waals surface area contributed by atoms with Gasteiger partial charge in [-0.15, -0.1) is 0 Å². The zero-order valence-corrected chi connectivity index (χ0v) is 43.9. The molecular formula is C61H104O6. The Hall–Kier alpha value is -3.41. The Labute approximate surface area is 414 Å². The maximum atomic E-state index is 12.8. The Kier molecular flexibility index (Phi) is 52.4. The molecule has 67 heavy (non-hydrogen) atoms. The van der Waals surface area contributed by atoms with E-state index < -0.39 is 6.10 Å². The summed E-state index contributed by atoms with van der Waals surface area (Å²) in [5.41, 5.74) is 0. The van der Waals surface area contributed by atoms with Crippen LogP contribution >= 0.6 is 0 Å². The van der Waals surface area contributed by atoms with Crippen molar-refractivity contribution in [3.8, 4) is 0 Å². The minimum atomic E-state index is -0.802. The number of ether oxygens (including phenoxy) is 3. The molecule has 0 aliphatic carbocycles. The van der Waals surface area contributed by atoms with Crippen molar-refractivity contribution in [2.45, 2.75) is 271 Å². The smallest absolute Gasteiger partial charge is 0.306 e. The third-order valence-corrected chi connectivity index (χ3v) is 11.9. The van der Waals surface area contributed by atoms with E-state index >= 15 is 0 Å². The number of carbonyl (C=O) groups excluding carboxylic acids is 3. The molecule has 6 nitrogen and oxygen atoms in total. The van der Waals surface area contributed by atoms with E-state index in [9.17, 15) is 14.4 Å². The Balaban J connectivity index is 4.47. The highest BCUT2D eigenvalue weighted by Gasteiger charge is 2.19. The van der Waals surface area contributed by atoms with Crippen LogP contribution in [-0.4, -0.2) is 37.2 Å². The molecule has 6 heteroatoms. The summed E-state index contributed by atoms with van der Waals surface area (Å²) < 4.78 is 16.8. The molecule has 0 radical (unpaired) electrons. The molecule has 384 valence electrons. The first kappa shape index (κ1) is 63.6. The van der Waals surface area contributed by atoms with Gasteiger partial charge in [0.15, 0.2) is 6.10 Å². The zero-order valence-electron chi connectivity index (χ0n) is 43.9. The Bertz CT molecular complexity index is 1300. The van der Waals surface area contributed by atoms with Gasteiger partial charge in [-0.05, 0) is 77.0 Å². The second-order valence-electron chi connectivity index (χ2n) is 18.5. The van der Waals surface area contributed by atoms with E-state index in [0.717, 1.165) is 77.0 Å². The van der Waals surface area contributed by atoms with Gasteiger partial charge < -0.3 is 14.2 Å². The first-order valence-electron chi connectivity index (χ1n) is 28.1. The van der Waals surface area contributed by atoms with Crippen molar-refractivity contribution >= 4 is 17.9 Å². The molecular weight excluding hydrogens is 829 g/mol. The molecule has 0 fully saturated rings. The molecule has 0 saturated carbocycles. The Morgan fingerprint density at radius 1 is 0.328 bits per heavy atom. The van der Waals surface area contributed by atoms with E-state index in [0.29, 0.717) is 19.3 Å². The van der Waals surface area contributed by atoms with Crippen molar-refractivity contribution in [2.24, 2.45) is 0 Å². The number of hydrogen-bond acceptors (Lipinski definition) is 6. The first-order valence-corrected chi connectivity index (χ1v) is 28.1. The Morgan fingerprint density at radius 2 is 0.657 bits per heavy atom. The predicted molar refractivity (Wildman–Crippen MR) is 288 cm³/mol. The molecule has 0 N–H and O–H groups in total. The normalized spacial score (nSPS) is 12.7. The molecule has 0 saturated heterocycles. The van der Waals surface area contributed by atoms with Gasteiger partial charge in [0.25, 0.3) is 0 Å². The first-order chi connectivity index (χ1) is 33.0. The van der Waals surface area contributed by atoms with Crippen LogP contribution in [0.3, 0.4) is 0 Å². The number of hydrogen-bond donors (Lipinski definition) is 0. The number of unbranched alkanes of at least 4 members (excludes halogenated alkanes) is 27. The van der Waals surface area contributed by atoms with Crippen LogP contribution in [0.15, 0.2) is 85.1 Å². The van der Waals surface area contributed by atoms with E-state index in [4.69, 9.17) is 14.2 Å². The van der Waals surface area contributed by atoms with Gasteiger partial charge in [0.05, 0.1) is 0 Å². The van der Waals surface area contributed by atoms with Crippen LogP contribution in [0.25, 0.3) is 0 Å². The fraction of sp³-hybridized carbons (Fsp3) is 0.721. The number of allylic oxidation sites excluding steroid dienone is 14. The van der Waals surface area contributed by atoms with Gasteiger partial charge in [0, 0.05) is 19.3 Å². The highest BCUT2D eigenvalue weighted by atomic mass is 16.6. The predicted octanol–water partition coefficient (Wildman–Crippen LogP) is 18.8. The average Bonchev–Trinajstić information content (AvgIpc) is 3.33. The summed E-state index contributed by atoms with van der Waals surface area (Å²) in [5.74, 6) is -0.961. The van der Waals surface area contributed by atoms with Crippen LogP contribution < -0.4 is 0 Å². The van der Waals surface area contributed by atoms with Crippen molar-refractivity contribution in [2.75, 3.05) is 13.2 Å². The van der Waals surface area contributed by atoms with Crippen molar-refractivity contribution in [1.29, 1.82) is 0 Å². The summed E-state index contributed by atoms with van der Waals surface area (Å²) in [4.78, 5) is 38.1. The van der Waals surface area contributed by atoms with Gasteiger partial charge in [-0.25, -0.2) is 0 Å². The zero-order chi connectivity index (χ0) is 48.6. The monoisotopic (exact) mass is 933 g/mol. The molecule has 0 aromatic rings. The second-order valence-corrected chi connectivity index (χ2v) is 18.5. The fourth-order valence-corrected chi connectivity index (χ4v) is 7.73. The van der Waals surface area contributed by atoms with Crippen LogP contribution in [0.5, 0.6) is 0 Å². The molecule has 1 unspecified atom stereocenters. The molecule has 0 spiro atoms. The minimum Gasteiger partial charge on any atom is -0.462 e. The number of carbonyl (C=O) groups is 3. The molecule has 0 rings (SSSR count). The summed E-state index contributed by atoms with van der Waals surface area (Å²) in [6.07, 6.45) is 71.4. The van der Waals surface area contributed by atoms with Crippen LogP contribution in [-0.2, 0) is 28.6 Å². The number of esters is 3. The van der Waals surface area contributed by atoms with E-state index in [-0.39, 0.29) is 37.5 Å². The third kappa shape index (κ3) is 53.4. The Morgan fingerprint density at radius 3 is 1.12 bits per heavy atom. The average molecular weight is 933 g/mol. The molecule has 0 aromatic carbocycles. The van der Waals surface area contributed by atoms with Gasteiger partial charge in [-0.2, -0.15) is 0 Å². The topological polar surface area (TPSA) is 78.9 Å². The lowest BCUT2D eigenvalue weighted by Crippen LogP contribution is -2.30. The maximum Gasteiger partial charge on any atom is 0.306 e. The molecule has 0 heterocycles. The van der Waals surface area contributed by atoms with Gasteiger partial charge in [-0.1, -0.05) is 254 Å². The maximum absolute atomic E-state index is 12.8. The van der Waals surface area contributed by atoms with Crippen LogP contribution in [0, 0.1) is 0 Å². The summed E-state index contributed by atoms with van der Waals surface area (Å²) >= 11 is 0. The lowest BCUT2D eigenvalue weighted by molar-refractivity contribution is -0.167. The van der Waals surface area contributed by atoms with E-state index in [1.54, 1.807) is 0 Å².